The van der Waals surface area contributed by atoms with Crippen LogP contribution in [-0.2, 0) is 9.53 Å². The van der Waals surface area contributed by atoms with Gasteiger partial charge in [0.25, 0.3) is 0 Å². The summed E-state index contributed by atoms with van der Waals surface area (Å²) in [6, 6.07) is 3.80. The van der Waals surface area contributed by atoms with Gasteiger partial charge in [0.05, 0.1) is 6.61 Å². The molecule has 0 saturated carbocycles. The van der Waals surface area contributed by atoms with Gasteiger partial charge in [0.1, 0.15) is 16.6 Å². The molecule has 0 fully saturated rings. The molecule has 2 rings (SSSR count). The van der Waals surface area contributed by atoms with Crippen molar-refractivity contribution in [2.75, 3.05) is 11.9 Å². The van der Waals surface area contributed by atoms with E-state index in [2.05, 4.69) is 5.32 Å². The van der Waals surface area contributed by atoms with Crippen LogP contribution in [-0.4, -0.2) is 12.6 Å². The quantitative estimate of drug-likeness (QED) is 0.495. The minimum Gasteiger partial charge on any atom is -0.462 e. The smallest absolute Gasteiger partial charge is 0.349 e. The van der Waals surface area contributed by atoms with Crippen LogP contribution in [0.15, 0.2) is 29.3 Å². The highest BCUT2D eigenvalue weighted by Gasteiger charge is 2.20. The summed E-state index contributed by atoms with van der Waals surface area (Å²) in [6.07, 6.45) is 3.43. The Morgan fingerprint density at radius 2 is 2.47 bits per heavy atom. The number of carbonyl (C=O) groups excluding carboxylic acids is 1. The van der Waals surface area contributed by atoms with Gasteiger partial charge in [-0.1, -0.05) is 0 Å². The molecule has 0 bridgehead atoms. The fourth-order valence-electron chi connectivity index (χ4n) is 1.56. The molecular weight excluding hydrogens is 236 g/mol. The average Bonchev–Trinajstić information content (AvgIpc) is 2.79. The number of nitriles is 1. The predicted octanol–water partition coefficient (Wildman–Crippen LogP) is 2.53. The van der Waals surface area contributed by atoms with E-state index in [1.54, 1.807) is 19.2 Å². The Balaban J connectivity index is 2.50. The van der Waals surface area contributed by atoms with Gasteiger partial charge in [-0.3, -0.25) is 0 Å². The van der Waals surface area contributed by atoms with Gasteiger partial charge in [0, 0.05) is 17.3 Å². The molecule has 0 unspecified atom stereocenters. The van der Waals surface area contributed by atoms with Crippen LogP contribution in [0.4, 0.5) is 5.00 Å². The van der Waals surface area contributed by atoms with E-state index in [1.165, 1.54) is 11.3 Å². The summed E-state index contributed by atoms with van der Waals surface area (Å²) in [6.45, 7) is 1.97. The standard InChI is InChI=1S/C12H10N2O2S/c1-2-16-12(15)10(7-13)8-3-5-14-11-9(8)4-6-17-11/h3-6,14H,2H2,1H3/b10-8-. The molecule has 1 N–H and O–H groups in total. The van der Waals surface area contributed by atoms with Gasteiger partial charge in [0.2, 0.25) is 0 Å². The second kappa shape index (κ2) is 4.85. The topological polar surface area (TPSA) is 62.1 Å². The number of esters is 1. The molecule has 86 valence electrons. The zero-order valence-electron chi connectivity index (χ0n) is 9.19. The summed E-state index contributed by atoms with van der Waals surface area (Å²) < 4.78 is 4.87. The van der Waals surface area contributed by atoms with E-state index in [0.717, 1.165) is 10.6 Å². The van der Waals surface area contributed by atoms with Gasteiger partial charge in [-0.05, 0) is 24.4 Å². The number of rotatable bonds is 2. The molecule has 4 nitrogen and oxygen atoms in total. The molecule has 1 aliphatic heterocycles. The van der Waals surface area contributed by atoms with Crippen LogP contribution >= 0.6 is 11.3 Å². The first-order chi connectivity index (χ1) is 8.27. The van der Waals surface area contributed by atoms with Crippen molar-refractivity contribution in [1.29, 1.82) is 5.26 Å². The third kappa shape index (κ3) is 2.08. The second-order valence-corrected chi connectivity index (χ2v) is 4.18. The van der Waals surface area contributed by atoms with Crippen LogP contribution in [0.1, 0.15) is 12.5 Å². The lowest BCUT2D eigenvalue weighted by atomic mass is 10.0. The van der Waals surface area contributed by atoms with E-state index in [0.29, 0.717) is 5.57 Å². The summed E-state index contributed by atoms with van der Waals surface area (Å²) in [5, 5.41) is 15.0. The van der Waals surface area contributed by atoms with Crippen LogP contribution in [0.3, 0.4) is 0 Å². The molecule has 1 aromatic heterocycles. The maximum absolute atomic E-state index is 11.7. The van der Waals surface area contributed by atoms with Gasteiger partial charge in [-0.15, -0.1) is 11.3 Å². The van der Waals surface area contributed by atoms with Crippen LogP contribution in [0.2, 0.25) is 0 Å². The average molecular weight is 246 g/mol. The minimum absolute atomic E-state index is 0.0456. The van der Waals surface area contributed by atoms with E-state index in [1.807, 2.05) is 17.5 Å². The number of thiophene rings is 1. The third-order valence-electron chi connectivity index (χ3n) is 2.28. The number of hydrogen-bond donors (Lipinski definition) is 1. The molecule has 17 heavy (non-hydrogen) atoms. The Kier molecular flexibility index (Phi) is 3.26. The first-order valence-electron chi connectivity index (χ1n) is 5.10. The highest BCUT2D eigenvalue weighted by atomic mass is 32.1. The van der Waals surface area contributed by atoms with Gasteiger partial charge in [-0.2, -0.15) is 5.26 Å². The number of hydrogen-bond acceptors (Lipinski definition) is 5. The van der Waals surface area contributed by atoms with Crippen molar-refractivity contribution < 1.29 is 9.53 Å². The normalized spacial score (nSPS) is 15.5. The fourth-order valence-corrected chi connectivity index (χ4v) is 2.34. The summed E-state index contributed by atoms with van der Waals surface area (Å²) in [7, 11) is 0. The minimum atomic E-state index is -0.575. The van der Waals surface area contributed by atoms with E-state index in [-0.39, 0.29) is 12.2 Å². The second-order valence-electron chi connectivity index (χ2n) is 3.26. The zero-order chi connectivity index (χ0) is 12.3. The number of nitrogens with one attached hydrogen (secondary N) is 1. The summed E-state index contributed by atoms with van der Waals surface area (Å²) >= 11 is 1.52. The van der Waals surface area contributed by atoms with Crippen molar-refractivity contribution in [2.45, 2.75) is 6.92 Å². The highest BCUT2D eigenvalue weighted by molar-refractivity contribution is 7.14. The molecule has 0 aromatic carbocycles. The van der Waals surface area contributed by atoms with Gasteiger partial charge >= 0.3 is 5.97 Å². The molecule has 0 spiro atoms. The van der Waals surface area contributed by atoms with E-state index in [9.17, 15) is 4.79 Å². The summed E-state index contributed by atoms with van der Waals surface area (Å²) in [4.78, 5) is 11.7. The molecule has 5 heteroatoms. The lowest BCUT2D eigenvalue weighted by molar-refractivity contribution is -0.137. The number of allylic oxidation sites excluding steroid dienone is 2. The number of ether oxygens (including phenoxy) is 1. The number of carbonyl (C=O) groups is 1. The summed E-state index contributed by atoms with van der Waals surface area (Å²) in [5.41, 5.74) is 1.52. The molecule has 1 aliphatic rings. The fraction of sp³-hybridized carbons (Fsp3) is 0.167. The Bertz CT molecular complexity index is 549. The molecule has 0 atom stereocenters. The number of nitrogens with zero attached hydrogens (tertiary/aromatic N) is 1. The van der Waals surface area contributed by atoms with Crippen LogP contribution in [0, 0.1) is 11.3 Å². The first-order valence-corrected chi connectivity index (χ1v) is 5.98. The predicted molar refractivity (Wildman–Crippen MR) is 66.2 cm³/mol. The molecule has 0 amide bonds. The van der Waals surface area contributed by atoms with Gasteiger partial charge in [-0.25, -0.2) is 4.79 Å². The van der Waals surface area contributed by atoms with Crippen LogP contribution in [0.5, 0.6) is 0 Å². The van der Waals surface area contributed by atoms with Crippen molar-refractivity contribution in [3.63, 3.8) is 0 Å². The monoisotopic (exact) mass is 246 g/mol. The maximum Gasteiger partial charge on any atom is 0.349 e. The maximum atomic E-state index is 11.7. The molecule has 0 aliphatic carbocycles. The van der Waals surface area contributed by atoms with Crippen molar-refractivity contribution in [2.24, 2.45) is 0 Å². The van der Waals surface area contributed by atoms with E-state index in [4.69, 9.17) is 10.00 Å². The van der Waals surface area contributed by atoms with E-state index >= 15 is 0 Å². The zero-order valence-corrected chi connectivity index (χ0v) is 10.0. The lowest BCUT2D eigenvalue weighted by Crippen LogP contribution is -2.09. The molecule has 1 aromatic rings. The molecule has 0 saturated heterocycles. The molecule has 0 radical (unpaired) electrons. The molecular formula is C12H10N2O2S. The largest absolute Gasteiger partial charge is 0.462 e. The summed E-state index contributed by atoms with van der Waals surface area (Å²) in [5.74, 6) is -0.575. The highest BCUT2D eigenvalue weighted by Crippen LogP contribution is 2.35. The lowest BCUT2D eigenvalue weighted by Gasteiger charge is -2.12. The van der Waals surface area contributed by atoms with Crippen molar-refractivity contribution >= 4 is 27.9 Å². The van der Waals surface area contributed by atoms with Gasteiger partial charge in [0.15, 0.2) is 0 Å². The van der Waals surface area contributed by atoms with Gasteiger partial charge < -0.3 is 10.1 Å². The first kappa shape index (κ1) is 11.4. The Morgan fingerprint density at radius 1 is 1.65 bits per heavy atom. The van der Waals surface area contributed by atoms with Crippen LogP contribution < -0.4 is 5.32 Å². The van der Waals surface area contributed by atoms with Crippen molar-refractivity contribution in [3.05, 3.63) is 34.9 Å². The molecule has 2 heterocycles. The van der Waals surface area contributed by atoms with Crippen molar-refractivity contribution in [3.8, 4) is 6.07 Å². The van der Waals surface area contributed by atoms with Crippen molar-refractivity contribution in [1.82, 2.24) is 0 Å². The Labute approximate surface area is 103 Å². The Hall–Kier alpha value is -2.06. The number of anilines is 1. The van der Waals surface area contributed by atoms with E-state index < -0.39 is 5.97 Å². The third-order valence-corrected chi connectivity index (χ3v) is 3.13. The van der Waals surface area contributed by atoms with Crippen LogP contribution in [0.25, 0.3) is 5.57 Å². The SMILES string of the molecule is CCOC(=O)/C(C#N)=C1/C=CNc2sccc21. The Morgan fingerprint density at radius 3 is 3.18 bits per heavy atom. The number of fused-ring (bicyclic) bond motifs is 1.